The van der Waals surface area contributed by atoms with E-state index < -0.39 is 0 Å². The molecule has 3 N–H and O–H groups in total. The van der Waals surface area contributed by atoms with Crippen LogP contribution in [0.25, 0.3) is 27.8 Å². The van der Waals surface area contributed by atoms with Crippen molar-refractivity contribution in [2.75, 3.05) is 7.05 Å². The molecular formula is C20H20N4O. The average Bonchev–Trinajstić information content (AvgIpc) is 3.05. The van der Waals surface area contributed by atoms with E-state index in [-0.39, 0.29) is 5.56 Å². The molecule has 0 unspecified atom stereocenters. The number of hydrogen-bond acceptors (Lipinski definition) is 3. The molecule has 2 heterocycles. The van der Waals surface area contributed by atoms with Crippen molar-refractivity contribution in [1.82, 2.24) is 14.5 Å². The number of nitrogens with two attached hydrogens (primary N) is 1. The van der Waals surface area contributed by atoms with Crippen molar-refractivity contribution in [3.8, 4) is 16.8 Å². The van der Waals surface area contributed by atoms with Crippen molar-refractivity contribution in [2.45, 2.75) is 6.92 Å². The lowest BCUT2D eigenvalue weighted by Crippen LogP contribution is -2.07. The summed E-state index contributed by atoms with van der Waals surface area (Å²) in [5.41, 5.74) is 9.09. The van der Waals surface area contributed by atoms with Crippen molar-refractivity contribution in [3.05, 3.63) is 83.0 Å². The Balaban J connectivity index is 0.000000880. The van der Waals surface area contributed by atoms with Crippen LogP contribution in [0.3, 0.4) is 0 Å². The Hall–Kier alpha value is -3.18. The summed E-state index contributed by atoms with van der Waals surface area (Å²) in [5.74, 6) is 0. The quantitative estimate of drug-likeness (QED) is 0.591. The summed E-state index contributed by atoms with van der Waals surface area (Å²) in [5, 5.41) is 0.611. The molecule has 0 aliphatic heterocycles. The molecule has 0 atom stereocenters. The molecular weight excluding hydrogens is 312 g/mol. The highest BCUT2D eigenvalue weighted by atomic mass is 16.1. The van der Waals surface area contributed by atoms with Gasteiger partial charge in [-0.05, 0) is 37.2 Å². The summed E-state index contributed by atoms with van der Waals surface area (Å²) in [6, 6.07) is 18.1. The Morgan fingerprint density at radius 3 is 2.52 bits per heavy atom. The number of benzene rings is 2. The number of H-pyrrole nitrogens is 1. The number of hydrogen-bond donors (Lipinski definition) is 2. The first-order chi connectivity index (χ1) is 12.2. The van der Waals surface area contributed by atoms with Gasteiger partial charge in [0.15, 0.2) is 5.65 Å². The minimum absolute atomic E-state index is 0.125. The number of rotatable bonds is 2. The molecule has 0 aliphatic carbocycles. The zero-order valence-corrected chi connectivity index (χ0v) is 14.2. The first-order valence-corrected chi connectivity index (χ1v) is 8.03. The van der Waals surface area contributed by atoms with Crippen LogP contribution in [0.15, 0.2) is 71.9 Å². The van der Waals surface area contributed by atoms with E-state index in [0.717, 1.165) is 22.4 Å². The van der Waals surface area contributed by atoms with Crippen LogP contribution in [0, 0.1) is 6.92 Å². The number of nitrogens with one attached hydrogen (secondary N) is 1. The second-order valence-electron chi connectivity index (χ2n) is 5.55. The fourth-order valence-electron chi connectivity index (χ4n) is 2.88. The normalized spacial score (nSPS) is 10.4. The van der Waals surface area contributed by atoms with Crippen LogP contribution < -0.4 is 11.3 Å². The lowest BCUT2D eigenvalue weighted by atomic mass is 10.1. The van der Waals surface area contributed by atoms with E-state index in [0.29, 0.717) is 11.0 Å². The average molecular weight is 332 g/mol. The zero-order chi connectivity index (χ0) is 17.8. The molecule has 0 radical (unpaired) electrons. The molecule has 4 aromatic rings. The number of nitrogens with zero attached hydrogens (tertiary/aromatic N) is 2. The first kappa shape index (κ1) is 16.7. The maximum atomic E-state index is 12.4. The third kappa shape index (κ3) is 3.09. The highest BCUT2D eigenvalue weighted by Gasteiger charge is 2.15. The predicted molar refractivity (Wildman–Crippen MR) is 102 cm³/mol. The Morgan fingerprint density at radius 2 is 1.80 bits per heavy atom. The molecule has 126 valence electrons. The van der Waals surface area contributed by atoms with E-state index in [1.165, 1.54) is 13.4 Å². The molecule has 0 saturated carbocycles. The summed E-state index contributed by atoms with van der Waals surface area (Å²) in [4.78, 5) is 19.5. The second-order valence-corrected chi connectivity index (χ2v) is 5.55. The van der Waals surface area contributed by atoms with Gasteiger partial charge >= 0.3 is 0 Å². The van der Waals surface area contributed by atoms with E-state index in [1.807, 2.05) is 66.2 Å². The number of fused-ring (bicyclic) bond motifs is 1. The Kier molecular flexibility index (Phi) is 4.77. The van der Waals surface area contributed by atoms with Gasteiger partial charge in [-0.15, -0.1) is 0 Å². The van der Waals surface area contributed by atoms with E-state index in [2.05, 4.69) is 21.8 Å². The monoisotopic (exact) mass is 332 g/mol. The molecule has 4 rings (SSSR count). The SMILES string of the molecule is CN.Cc1cccc(-n2cc(-c3ccccc3)c3c(=O)[nH]cnc32)c1. The van der Waals surface area contributed by atoms with Crippen LogP contribution in [0.5, 0.6) is 0 Å². The maximum absolute atomic E-state index is 12.4. The molecule has 0 amide bonds. The van der Waals surface area contributed by atoms with Crippen molar-refractivity contribution in [3.63, 3.8) is 0 Å². The minimum atomic E-state index is -0.125. The molecule has 2 aromatic heterocycles. The van der Waals surface area contributed by atoms with E-state index in [4.69, 9.17) is 0 Å². The Bertz CT molecular complexity index is 1050. The van der Waals surface area contributed by atoms with Gasteiger partial charge in [0.2, 0.25) is 0 Å². The molecule has 0 saturated heterocycles. The summed E-state index contributed by atoms with van der Waals surface area (Å²) >= 11 is 0. The van der Waals surface area contributed by atoms with E-state index in [9.17, 15) is 4.79 Å². The topological polar surface area (TPSA) is 76.7 Å². The number of aryl methyl sites for hydroxylation is 1. The number of aromatic amines is 1. The highest BCUT2D eigenvalue weighted by Crippen LogP contribution is 2.29. The second kappa shape index (κ2) is 7.15. The Morgan fingerprint density at radius 1 is 1.04 bits per heavy atom. The molecule has 5 heteroatoms. The fraction of sp³-hybridized carbons (Fsp3) is 0.100. The van der Waals surface area contributed by atoms with Crippen LogP contribution in [0.2, 0.25) is 0 Å². The lowest BCUT2D eigenvalue weighted by Gasteiger charge is -2.05. The molecule has 0 fully saturated rings. The summed E-state index contributed by atoms with van der Waals surface area (Å²) in [7, 11) is 1.50. The fourth-order valence-corrected chi connectivity index (χ4v) is 2.88. The molecule has 2 aromatic carbocycles. The first-order valence-electron chi connectivity index (χ1n) is 8.03. The van der Waals surface area contributed by atoms with Crippen LogP contribution in [-0.2, 0) is 0 Å². The summed E-state index contributed by atoms with van der Waals surface area (Å²) in [6.07, 6.45) is 3.43. The van der Waals surface area contributed by atoms with Crippen molar-refractivity contribution in [2.24, 2.45) is 5.73 Å². The van der Waals surface area contributed by atoms with Gasteiger partial charge in [0.1, 0.15) is 0 Å². The molecule has 5 nitrogen and oxygen atoms in total. The lowest BCUT2D eigenvalue weighted by molar-refractivity contribution is 1.06. The van der Waals surface area contributed by atoms with Crippen LogP contribution >= 0.6 is 0 Å². The van der Waals surface area contributed by atoms with E-state index in [1.54, 1.807) is 0 Å². The molecule has 0 spiro atoms. The standard InChI is InChI=1S/C19H15N3O.CH5N/c1-13-6-5-9-15(10-13)22-11-16(14-7-3-2-4-8-14)17-18(22)20-12-21-19(17)23;1-2/h2-12H,1H3,(H,20,21,23);2H2,1H3. The largest absolute Gasteiger partial charge is 0.333 e. The van der Waals surface area contributed by atoms with Gasteiger partial charge < -0.3 is 15.3 Å². The van der Waals surface area contributed by atoms with Gasteiger partial charge in [-0.3, -0.25) is 4.79 Å². The summed E-state index contributed by atoms with van der Waals surface area (Å²) in [6.45, 7) is 2.05. The van der Waals surface area contributed by atoms with Crippen molar-refractivity contribution >= 4 is 11.0 Å². The predicted octanol–water partition coefficient (Wildman–Crippen LogP) is 3.26. The van der Waals surface area contributed by atoms with Gasteiger partial charge in [-0.2, -0.15) is 0 Å². The zero-order valence-electron chi connectivity index (χ0n) is 14.2. The van der Waals surface area contributed by atoms with Gasteiger partial charge in [-0.1, -0.05) is 42.5 Å². The van der Waals surface area contributed by atoms with Crippen LogP contribution in [0.1, 0.15) is 5.56 Å². The van der Waals surface area contributed by atoms with Crippen molar-refractivity contribution in [1.29, 1.82) is 0 Å². The minimum Gasteiger partial charge on any atom is -0.333 e. The third-order valence-electron chi connectivity index (χ3n) is 3.95. The highest BCUT2D eigenvalue weighted by molar-refractivity contribution is 5.94. The summed E-state index contributed by atoms with van der Waals surface area (Å²) < 4.78 is 1.97. The van der Waals surface area contributed by atoms with Crippen molar-refractivity contribution < 1.29 is 0 Å². The van der Waals surface area contributed by atoms with Gasteiger partial charge in [0.05, 0.1) is 11.7 Å². The van der Waals surface area contributed by atoms with Gasteiger partial charge in [-0.25, -0.2) is 4.98 Å². The smallest absolute Gasteiger partial charge is 0.260 e. The van der Waals surface area contributed by atoms with Gasteiger partial charge in [0, 0.05) is 17.4 Å². The Labute approximate surface area is 145 Å². The molecule has 0 aliphatic rings. The number of aromatic nitrogens is 3. The molecule has 0 bridgehead atoms. The van der Waals surface area contributed by atoms with Crippen LogP contribution in [0.4, 0.5) is 0 Å². The third-order valence-corrected chi connectivity index (χ3v) is 3.95. The molecule has 25 heavy (non-hydrogen) atoms. The van der Waals surface area contributed by atoms with Gasteiger partial charge in [0.25, 0.3) is 5.56 Å². The van der Waals surface area contributed by atoms with Crippen LogP contribution in [-0.4, -0.2) is 21.6 Å². The van der Waals surface area contributed by atoms with E-state index >= 15 is 0 Å². The maximum Gasteiger partial charge on any atom is 0.260 e.